The monoisotopic (exact) mass is 803 g/mol. The molecule has 0 atom stereocenters. The van der Waals surface area contributed by atoms with Crippen LogP contribution < -0.4 is 9.80 Å². The number of aromatic nitrogens is 1. The number of anilines is 6. The van der Waals surface area contributed by atoms with Gasteiger partial charge in [-0.1, -0.05) is 133 Å². The van der Waals surface area contributed by atoms with Gasteiger partial charge in [-0.05, 0) is 113 Å². The summed E-state index contributed by atoms with van der Waals surface area (Å²) in [5.74, 6) is 0. The zero-order chi connectivity index (χ0) is 39.8. The maximum atomic E-state index is 4.99. The highest BCUT2D eigenvalue weighted by Gasteiger charge is 2.25. The summed E-state index contributed by atoms with van der Waals surface area (Å²) in [6, 6.07) is 80.8. The number of rotatable bonds is 9. The summed E-state index contributed by atoms with van der Waals surface area (Å²) >= 11 is 3.58. The molecule has 11 rings (SSSR count). The molecule has 284 valence electrons. The van der Waals surface area contributed by atoms with E-state index in [2.05, 4.69) is 234 Å². The van der Waals surface area contributed by atoms with Crippen molar-refractivity contribution in [2.24, 2.45) is 0 Å². The van der Waals surface area contributed by atoms with Gasteiger partial charge in [-0.2, -0.15) is 0 Å². The van der Waals surface area contributed by atoms with E-state index in [9.17, 15) is 0 Å². The van der Waals surface area contributed by atoms with Crippen LogP contribution in [0.25, 0.3) is 63.2 Å². The van der Waals surface area contributed by atoms with Crippen LogP contribution in [-0.4, -0.2) is 4.98 Å². The molecule has 3 nitrogen and oxygen atoms in total. The van der Waals surface area contributed by atoms with E-state index >= 15 is 0 Å². The van der Waals surface area contributed by atoms with Gasteiger partial charge >= 0.3 is 0 Å². The van der Waals surface area contributed by atoms with Gasteiger partial charge in [0, 0.05) is 48.5 Å². The molecule has 0 saturated carbocycles. The van der Waals surface area contributed by atoms with E-state index < -0.39 is 0 Å². The molecule has 60 heavy (non-hydrogen) atoms. The van der Waals surface area contributed by atoms with Gasteiger partial charge in [0.2, 0.25) is 0 Å². The fourth-order valence-electron chi connectivity index (χ4n) is 8.18. The number of hydrogen-bond donors (Lipinski definition) is 0. The van der Waals surface area contributed by atoms with Gasteiger partial charge < -0.3 is 9.80 Å². The first-order valence-corrected chi connectivity index (χ1v) is 21.7. The number of para-hydroxylation sites is 2. The highest BCUT2D eigenvalue weighted by atomic mass is 32.1. The molecule has 0 aliphatic heterocycles. The minimum Gasteiger partial charge on any atom is -0.308 e. The molecular formula is C55H37N3S2. The summed E-state index contributed by atoms with van der Waals surface area (Å²) in [5.41, 5.74) is 13.3. The summed E-state index contributed by atoms with van der Waals surface area (Å²) in [7, 11) is 0. The Hall–Kier alpha value is -7.31. The van der Waals surface area contributed by atoms with Crippen molar-refractivity contribution in [2.75, 3.05) is 9.80 Å². The van der Waals surface area contributed by atoms with E-state index in [0.717, 1.165) is 55.8 Å². The van der Waals surface area contributed by atoms with Crippen LogP contribution in [-0.2, 0) is 0 Å². The lowest BCUT2D eigenvalue weighted by Crippen LogP contribution is -2.17. The molecule has 0 fully saturated rings. The Labute approximate surface area is 357 Å². The third-order valence-corrected chi connectivity index (χ3v) is 13.3. The van der Waals surface area contributed by atoms with Gasteiger partial charge in [0.25, 0.3) is 0 Å². The van der Waals surface area contributed by atoms with Gasteiger partial charge in [0.1, 0.15) is 5.01 Å². The van der Waals surface area contributed by atoms with E-state index in [1.54, 1.807) is 11.3 Å². The van der Waals surface area contributed by atoms with E-state index in [1.807, 2.05) is 11.3 Å². The molecule has 0 spiro atoms. The Kier molecular flexibility index (Phi) is 9.23. The number of fused-ring (bicyclic) bond motifs is 4. The molecule has 0 radical (unpaired) electrons. The fourth-order valence-corrected chi connectivity index (χ4v) is 10.3. The molecule has 2 heterocycles. The van der Waals surface area contributed by atoms with Gasteiger partial charge in [0.15, 0.2) is 0 Å². The molecule has 0 aliphatic carbocycles. The maximum Gasteiger partial charge on any atom is 0.124 e. The van der Waals surface area contributed by atoms with Crippen LogP contribution in [0.3, 0.4) is 0 Å². The first-order valence-electron chi connectivity index (χ1n) is 20.1. The Bertz CT molecular complexity index is 3210. The summed E-state index contributed by atoms with van der Waals surface area (Å²) < 4.78 is 3.70. The largest absolute Gasteiger partial charge is 0.308 e. The number of nitrogens with zero attached hydrogens (tertiary/aromatic N) is 3. The number of hydrogen-bond acceptors (Lipinski definition) is 5. The SMILES string of the molecule is c1ccc(-c2ccc(N(c3cccc(-c4ccccc4)c3)c3cc4sc5ccccc5c4cc3N(c3ccccc3)c3ccc(-c4nc5ccccc5s4)cc3)cc2)cc1. The molecule has 0 amide bonds. The van der Waals surface area contributed by atoms with Crippen LogP contribution in [0.1, 0.15) is 0 Å². The van der Waals surface area contributed by atoms with Crippen molar-refractivity contribution in [3.8, 4) is 32.8 Å². The second-order valence-corrected chi connectivity index (χ2v) is 16.9. The van der Waals surface area contributed by atoms with E-state index in [1.165, 1.54) is 41.6 Å². The van der Waals surface area contributed by atoms with Crippen molar-refractivity contribution < 1.29 is 0 Å². The number of benzene rings is 9. The van der Waals surface area contributed by atoms with E-state index in [0.29, 0.717) is 0 Å². The van der Waals surface area contributed by atoms with Crippen molar-refractivity contribution in [2.45, 2.75) is 0 Å². The summed E-state index contributed by atoms with van der Waals surface area (Å²) in [5, 5.41) is 3.51. The molecule has 5 heteroatoms. The first kappa shape index (κ1) is 35.8. The van der Waals surface area contributed by atoms with Gasteiger partial charge in [0.05, 0.1) is 21.6 Å². The average molecular weight is 804 g/mol. The first-order chi connectivity index (χ1) is 29.7. The molecule has 0 bridgehead atoms. The standard InChI is InChI=1S/C55H37N3S2/c1-4-15-38(16-5-1)40-27-31-45(32-28-40)58(46-22-14-19-42(35-46)39-17-6-2-7-18-39)51-37-54-48(47-23-10-12-25-52(47)59-54)36-50(51)57(43-20-8-3-9-21-43)44-33-29-41(30-34-44)55-56-49-24-11-13-26-53(49)60-55/h1-37H. The smallest absolute Gasteiger partial charge is 0.124 e. The van der Waals surface area contributed by atoms with Crippen molar-refractivity contribution in [1.82, 2.24) is 4.98 Å². The minimum absolute atomic E-state index is 1.02. The zero-order valence-corrected chi connectivity index (χ0v) is 34.2. The lowest BCUT2D eigenvalue weighted by Gasteiger charge is -2.33. The minimum atomic E-state index is 1.02. The summed E-state index contributed by atoms with van der Waals surface area (Å²) in [6.45, 7) is 0. The molecule has 2 aromatic heterocycles. The molecule has 0 saturated heterocycles. The number of thiophene rings is 1. The lowest BCUT2D eigenvalue weighted by molar-refractivity contribution is 1.23. The average Bonchev–Trinajstić information content (AvgIpc) is 3.92. The topological polar surface area (TPSA) is 19.4 Å². The Balaban J connectivity index is 1.15. The van der Waals surface area contributed by atoms with Crippen molar-refractivity contribution in [3.63, 3.8) is 0 Å². The fraction of sp³-hybridized carbons (Fsp3) is 0. The van der Waals surface area contributed by atoms with Crippen molar-refractivity contribution in [1.29, 1.82) is 0 Å². The van der Waals surface area contributed by atoms with Crippen molar-refractivity contribution in [3.05, 3.63) is 224 Å². The quantitative estimate of drug-likeness (QED) is 0.145. The van der Waals surface area contributed by atoms with Gasteiger partial charge in [-0.15, -0.1) is 22.7 Å². The molecule has 0 unspecified atom stereocenters. The van der Waals surface area contributed by atoms with Crippen LogP contribution >= 0.6 is 22.7 Å². The van der Waals surface area contributed by atoms with Crippen LogP contribution in [0.15, 0.2) is 224 Å². The third kappa shape index (κ3) is 6.70. The normalized spacial score (nSPS) is 11.3. The highest BCUT2D eigenvalue weighted by molar-refractivity contribution is 7.25. The van der Waals surface area contributed by atoms with Crippen LogP contribution in [0.5, 0.6) is 0 Å². The molecular weight excluding hydrogens is 767 g/mol. The van der Waals surface area contributed by atoms with Crippen molar-refractivity contribution >= 4 is 87.2 Å². The Morgan fingerprint density at radius 2 is 0.800 bits per heavy atom. The second kappa shape index (κ2) is 15.5. The lowest BCUT2D eigenvalue weighted by atomic mass is 10.0. The number of thiazole rings is 1. The molecule has 11 aromatic rings. The summed E-state index contributed by atoms with van der Waals surface area (Å²) in [6.07, 6.45) is 0. The zero-order valence-electron chi connectivity index (χ0n) is 32.5. The Morgan fingerprint density at radius 1 is 0.300 bits per heavy atom. The molecule has 9 aromatic carbocycles. The maximum absolute atomic E-state index is 4.99. The third-order valence-electron chi connectivity index (χ3n) is 11.1. The predicted octanol–water partition coefficient (Wildman–Crippen LogP) is 16.6. The van der Waals surface area contributed by atoms with E-state index in [-0.39, 0.29) is 0 Å². The highest BCUT2D eigenvalue weighted by Crippen LogP contribution is 2.50. The van der Waals surface area contributed by atoms with Crippen LogP contribution in [0.2, 0.25) is 0 Å². The van der Waals surface area contributed by atoms with Crippen LogP contribution in [0.4, 0.5) is 34.1 Å². The molecule has 0 aliphatic rings. The summed E-state index contributed by atoms with van der Waals surface area (Å²) in [4.78, 5) is 9.84. The second-order valence-electron chi connectivity index (χ2n) is 14.8. The van der Waals surface area contributed by atoms with Gasteiger partial charge in [-0.3, -0.25) is 0 Å². The molecule has 0 N–H and O–H groups in total. The van der Waals surface area contributed by atoms with Crippen LogP contribution in [0, 0.1) is 0 Å². The Morgan fingerprint density at radius 3 is 1.50 bits per heavy atom. The van der Waals surface area contributed by atoms with E-state index in [4.69, 9.17) is 4.98 Å². The predicted molar refractivity (Wildman–Crippen MR) is 258 cm³/mol. The van der Waals surface area contributed by atoms with Gasteiger partial charge in [-0.25, -0.2) is 4.98 Å².